The van der Waals surface area contributed by atoms with Crippen molar-refractivity contribution in [3.05, 3.63) is 70.8 Å². The fraction of sp³-hybridized carbons (Fsp3) is 0.536. The lowest BCUT2D eigenvalue weighted by molar-refractivity contribution is 0.211. The van der Waals surface area contributed by atoms with Gasteiger partial charge < -0.3 is 4.90 Å². The Morgan fingerprint density at radius 1 is 0.938 bits per heavy atom. The predicted molar refractivity (Wildman–Crippen MR) is 127 cm³/mol. The Bertz CT molecular complexity index is 875. The highest BCUT2D eigenvalue weighted by atomic mass is 19.1. The average molecular weight is 439 g/mol. The van der Waals surface area contributed by atoms with Crippen molar-refractivity contribution in [2.24, 2.45) is 0 Å². The largest absolute Gasteiger partial charge is 0.301 e. The van der Waals surface area contributed by atoms with Gasteiger partial charge in [-0.05, 0) is 80.7 Å². The number of likely N-dealkylation sites (N-methyl/N-ethyl adjacent to an activating group) is 1. The van der Waals surface area contributed by atoms with Crippen molar-refractivity contribution in [3.63, 3.8) is 0 Å². The van der Waals surface area contributed by atoms with Crippen molar-refractivity contribution in [1.29, 1.82) is 5.26 Å². The first-order valence-electron chi connectivity index (χ1n) is 12.0. The Labute approximate surface area is 192 Å². The van der Waals surface area contributed by atoms with Crippen LogP contribution in [-0.2, 0) is 24.2 Å². The second kappa shape index (κ2) is 10.6. The molecule has 0 saturated heterocycles. The van der Waals surface area contributed by atoms with Gasteiger partial charge in [0, 0.05) is 19.5 Å². The van der Waals surface area contributed by atoms with Crippen LogP contribution in [-0.4, -0.2) is 24.0 Å². The van der Waals surface area contributed by atoms with E-state index in [2.05, 4.69) is 43.0 Å². The van der Waals surface area contributed by atoms with Crippen molar-refractivity contribution in [1.82, 2.24) is 4.90 Å². The maximum atomic E-state index is 15.0. The van der Waals surface area contributed by atoms with E-state index >= 15 is 8.78 Å². The monoisotopic (exact) mass is 438 g/mol. The summed E-state index contributed by atoms with van der Waals surface area (Å²) in [4.78, 5) is 2.49. The van der Waals surface area contributed by atoms with Crippen molar-refractivity contribution < 1.29 is 8.78 Å². The number of nitriles is 1. The summed E-state index contributed by atoms with van der Waals surface area (Å²) in [6, 6.07) is 18.4. The second-order valence-corrected chi connectivity index (χ2v) is 9.24. The molecule has 0 aromatic heterocycles. The maximum absolute atomic E-state index is 15.0. The predicted octanol–water partition coefficient (Wildman–Crippen LogP) is 7.02. The van der Waals surface area contributed by atoms with Gasteiger partial charge in [0.2, 0.25) is 0 Å². The summed E-state index contributed by atoms with van der Waals surface area (Å²) in [5, 5.41) is 7.32. The molecule has 0 amide bonds. The van der Waals surface area contributed by atoms with Gasteiger partial charge in [0.25, 0.3) is 0 Å². The van der Waals surface area contributed by atoms with Crippen LogP contribution in [0.3, 0.4) is 0 Å². The van der Waals surface area contributed by atoms with E-state index in [4.69, 9.17) is 5.26 Å². The van der Waals surface area contributed by atoms with E-state index in [0.717, 1.165) is 49.0 Å². The first-order valence-corrected chi connectivity index (χ1v) is 12.0. The van der Waals surface area contributed by atoms with Crippen LogP contribution in [0.4, 0.5) is 8.78 Å². The summed E-state index contributed by atoms with van der Waals surface area (Å²) < 4.78 is 30.0. The van der Waals surface area contributed by atoms with Crippen molar-refractivity contribution in [2.75, 3.05) is 13.1 Å². The van der Waals surface area contributed by atoms with Gasteiger partial charge in [-0.1, -0.05) is 55.5 Å². The lowest BCUT2D eigenvalue weighted by atomic mass is 9.89. The minimum Gasteiger partial charge on any atom is -0.301 e. The van der Waals surface area contributed by atoms with E-state index in [0.29, 0.717) is 31.7 Å². The third-order valence-corrected chi connectivity index (χ3v) is 6.89. The summed E-state index contributed by atoms with van der Waals surface area (Å²) in [6.45, 7) is 7.88. The number of hydrogen-bond donors (Lipinski definition) is 0. The van der Waals surface area contributed by atoms with E-state index in [1.54, 1.807) is 6.07 Å². The molecule has 2 aromatic rings. The van der Waals surface area contributed by atoms with Crippen molar-refractivity contribution >= 4 is 0 Å². The summed E-state index contributed by atoms with van der Waals surface area (Å²) >= 11 is 0. The molecule has 0 heterocycles. The molecule has 0 radical (unpaired) electrons. The molecule has 2 aliphatic rings. The first kappa shape index (κ1) is 24.4. The van der Waals surface area contributed by atoms with Crippen molar-refractivity contribution in [3.8, 4) is 6.07 Å². The number of benzene rings is 2. The molecule has 1 atom stereocenters. The molecule has 172 valence electrons. The molecule has 0 aliphatic heterocycles. The third kappa shape index (κ3) is 5.95. The Morgan fingerprint density at radius 2 is 1.47 bits per heavy atom. The number of nitrogens with zero attached hydrogens (tertiary/aromatic N) is 2. The van der Waals surface area contributed by atoms with Crippen LogP contribution in [0.15, 0.2) is 48.5 Å². The van der Waals surface area contributed by atoms with Gasteiger partial charge in [-0.3, -0.25) is 0 Å². The zero-order valence-corrected chi connectivity index (χ0v) is 19.7. The van der Waals surface area contributed by atoms with Gasteiger partial charge in [0.05, 0.1) is 6.07 Å². The van der Waals surface area contributed by atoms with Crippen LogP contribution in [0.5, 0.6) is 0 Å². The minimum absolute atomic E-state index is 0.383. The Kier molecular flexibility index (Phi) is 8.06. The van der Waals surface area contributed by atoms with Crippen LogP contribution < -0.4 is 0 Å². The van der Waals surface area contributed by atoms with E-state index in [-0.39, 0.29) is 0 Å². The summed E-state index contributed by atoms with van der Waals surface area (Å²) in [6.07, 6.45) is 5.03. The number of hydrogen-bond acceptors (Lipinski definition) is 2. The molecular weight excluding hydrogens is 402 g/mol. The van der Waals surface area contributed by atoms with Gasteiger partial charge >= 0.3 is 0 Å². The molecule has 4 heteroatoms. The van der Waals surface area contributed by atoms with Gasteiger partial charge in [-0.25, -0.2) is 8.78 Å². The van der Waals surface area contributed by atoms with Crippen LogP contribution in [0.2, 0.25) is 0 Å². The zero-order chi connectivity index (χ0) is 23.2. The maximum Gasteiger partial charge on any atom is 0.136 e. The minimum atomic E-state index is -1.21. The first-order chi connectivity index (χ1) is 15.4. The highest BCUT2D eigenvalue weighted by Crippen LogP contribution is 2.56. The van der Waals surface area contributed by atoms with E-state index in [1.807, 2.05) is 24.3 Å². The van der Waals surface area contributed by atoms with E-state index < -0.39 is 11.3 Å². The fourth-order valence-electron chi connectivity index (χ4n) is 4.60. The summed E-state index contributed by atoms with van der Waals surface area (Å²) in [5.41, 5.74) is 1.41. The van der Waals surface area contributed by atoms with Crippen molar-refractivity contribution in [2.45, 2.75) is 83.1 Å². The van der Waals surface area contributed by atoms with Crippen LogP contribution in [0, 0.1) is 11.3 Å². The quantitative estimate of drug-likeness (QED) is 0.398. The smallest absolute Gasteiger partial charge is 0.136 e. The number of halogens is 2. The Hall–Kier alpha value is -2.25. The van der Waals surface area contributed by atoms with Crippen LogP contribution in [0.25, 0.3) is 0 Å². The molecule has 4 rings (SSSR count). The Balaban J connectivity index is 0.000000913. The highest BCUT2D eigenvalue weighted by Gasteiger charge is 2.50. The molecule has 1 unspecified atom stereocenters. The van der Waals surface area contributed by atoms with Gasteiger partial charge in [-0.15, -0.1) is 0 Å². The number of alkyl halides is 2. The SMILES string of the molecule is CC#N.CCN(CCc1ccccc1)C(C)CCc1c(C2(F)CC2)cccc1C1(F)CC1. The molecule has 0 bridgehead atoms. The highest BCUT2D eigenvalue weighted by molar-refractivity contribution is 5.46. The lowest BCUT2D eigenvalue weighted by Gasteiger charge is -2.29. The molecule has 32 heavy (non-hydrogen) atoms. The molecule has 2 saturated carbocycles. The molecule has 0 N–H and O–H groups in total. The normalized spacial score (nSPS) is 18.3. The van der Waals surface area contributed by atoms with Crippen LogP contribution >= 0.6 is 0 Å². The number of rotatable bonds is 10. The zero-order valence-electron chi connectivity index (χ0n) is 19.7. The van der Waals surface area contributed by atoms with E-state index in [1.165, 1.54) is 12.5 Å². The van der Waals surface area contributed by atoms with Gasteiger partial charge in [0.1, 0.15) is 11.3 Å². The van der Waals surface area contributed by atoms with E-state index in [9.17, 15) is 0 Å². The van der Waals surface area contributed by atoms with Crippen LogP contribution in [0.1, 0.15) is 75.1 Å². The lowest BCUT2D eigenvalue weighted by Crippen LogP contribution is -2.35. The third-order valence-electron chi connectivity index (χ3n) is 6.89. The second-order valence-electron chi connectivity index (χ2n) is 9.24. The molecule has 0 spiro atoms. The van der Waals surface area contributed by atoms with Gasteiger partial charge in [-0.2, -0.15) is 5.26 Å². The Morgan fingerprint density at radius 3 is 1.94 bits per heavy atom. The molecular formula is C28H36F2N2. The fourth-order valence-corrected chi connectivity index (χ4v) is 4.60. The standard InChI is InChI=1S/C26H33F2N.C2H3N/c1-3-29(19-14-21-8-5-4-6-9-21)20(2)12-13-22-23(25(27)15-16-25)10-7-11-24(22)26(28)17-18-26;1-2-3/h4-11,20H,3,12-19H2,1-2H3;1H3. The molecule has 2 fully saturated rings. The molecule has 2 aliphatic carbocycles. The average Bonchev–Trinajstić information content (AvgIpc) is 3.73. The van der Waals surface area contributed by atoms with Gasteiger partial charge in [0.15, 0.2) is 0 Å². The topological polar surface area (TPSA) is 27.0 Å². The molecule has 2 aromatic carbocycles. The summed E-state index contributed by atoms with van der Waals surface area (Å²) in [5.74, 6) is 0. The molecule has 2 nitrogen and oxygen atoms in total. The summed E-state index contributed by atoms with van der Waals surface area (Å²) in [7, 11) is 0.